The summed E-state index contributed by atoms with van der Waals surface area (Å²) in [6, 6.07) is 43.0. The third-order valence-corrected chi connectivity index (χ3v) is 9.25. The highest BCUT2D eigenvalue weighted by Crippen LogP contribution is 2.47. The minimum Gasteiger partial charge on any atom is -0.277 e. The van der Waals surface area contributed by atoms with Crippen molar-refractivity contribution in [1.29, 1.82) is 0 Å². The average Bonchev–Trinajstić information content (AvgIpc) is 3.58. The van der Waals surface area contributed by atoms with Crippen LogP contribution in [0.25, 0.3) is 80.7 Å². The van der Waals surface area contributed by atoms with E-state index in [4.69, 9.17) is 9.97 Å². The quantitative estimate of drug-likeness (QED) is 0.224. The Labute approximate surface area is 233 Å². The van der Waals surface area contributed by atoms with Gasteiger partial charge in [0.2, 0.25) is 5.95 Å². The predicted octanol–water partition coefficient (Wildman–Crippen LogP) is 9.91. The minimum absolute atomic E-state index is 0.688. The van der Waals surface area contributed by atoms with E-state index in [9.17, 15) is 0 Å². The van der Waals surface area contributed by atoms with Crippen LogP contribution in [0.3, 0.4) is 0 Å². The van der Waals surface area contributed by atoms with Crippen LogP contribution in [0.2, 0.25) is 0 Å². The second-order valence-corrected chi connectivity index (χ2v) is 11.3. The molecule has 9 aromatic rings. The monoisotopic (exact) mass is 527 g/mol. The molecule has 0 aliphatic heterocycles. The van der Waals surface area contributed by atoms with Gasteiger partial charge in [0.15, 0.2) is 0 Å². The fraction of sp³-hybridized carbons (Fsp3) is 0. The van der Waals surface area contributed by atoms with Gasteiger partial charge in [0.05, 0.1) is 16.6 Å². The van der Waals surface area contributed by atoms with Crippen LogP contribution in [0, 0.1) is 0 Å². The van der Waals surface area contributed by atoms with Crippen LogP contribution in [-0.4, -0.2) is 14.5 Å². The molecule has 3 heterocycles. The number of fused-ring (bicyclic) bond motifs is 11. The van der Waals surface area contributed by atoms with Crippen molar-refractivity contribution < 1.29 is 0 Å². The number of benzene rings is 6. The van der Waals surface area contributed by atoms with Crippen molar-refractivity contribution in [3.8, 4) is 17.1 Å². The Hall–Kier alpha value is -5.06. The Bertz CT molecular complexity index is 2430. The molecule has 186 valence electrons. The van der Waals surface area contributed by atoms with Gasteiger partial charge in [-0.1, -0.05) is 103 Å². The molecular weight excluding hydrogens is 506 g/mol. The van der Waals surface area contributed by atoms with Crippen LogP contribution >= 0.6 is 11.3 Å². The van der Waals surface area contributed by atoms with Gasteiger partial charge in [0.1, 0.15) is 0 Å². The summed E-state index contributed by atoms with van der Waals surface area (Å²) in [4.78, 5) is 10.2. The molecule has 0 N–H and O–H groups in total. The largest absolute Gasteiger partial charge is 0.277 e. The lowest BCUT2D eigenvalue weighted by molar-refractivity contribution is 1.01. The molecule has 0 radical (unpaired) electrons. The van der Waals surface area contributed by atoms with Gasteiger partial charge in [-0.15, -0.1) is 11.3 Å². The van der Waals surface area contributed by atoms with E-state index in [0.29, 0.717) is 5.95 Å². The van der Waals surface area contributed by atoms with Crippen molar-refractivity contribution in [2.24, 2.45) is 0 Å². The molecule has 0 unspecified atom stereocenters. The molecule has 0 spiro atoms. The Kier molecular flexibility index (Phi) is 4.48. The minimum atomic E-state index is 0.688. The molecule has 6 aromatic carbocycles. The number of rotatable bonds is 2. The molecule has 40 heavy (non-hydrogen) atoms. The fourth-order valence-corrected chi connectivity index (χ4v) is 7.60. The van der Waals surface area contributed by atoms with E-state index in [1.165, 1.54) is 47.3 Å². The summed E-state index contributed by atoms with van der Waals surface area (Å²) < 4.78 is 4.91. The first-order chi connectivity index (χ1) is 19.9. The topological polar surface area (TPSA) is 30.7 Å². The summed E-state index contributed by atoms with van der Waals surface area (Å²) in [5, 5.41) is 8.64. The van der Waals surface area contributed by atoms with Crippen LogP contribution in [0.5, 0.6) is 0 Å². The summed E-state index contributed by atoms with van der Waals surface area (Å²) in [6.07, 6.45) is 1.99. The first-order valence-electron chi connectivity index (χ1n) is 13.4. The standard InChI is InChI=1S/C36H21N3S/c1-2-11-22(12-3-1)23-17-10-18-29-28(23)21-37-36(38-29)39-30-19-8-6-15-26(30)32-33-27-16-7-9-20-31(27)40-35(33)25-14-5-4-13-24(25)34(32)39/h1-21H. The molecule has 9 rings (SSSR count). The van der Waals surface area contributed by atoms with Gasteiger partial charge in [-0.05, 0) is 29.3 Å². The zero-order chi connectivity index (χ0) is 26.2. The Morgan fingerprint density at radius 2 is 1.27 bits per heavy atom. The van der Waals surface area contributed by atoms with E-state index in [1.54, 1.807) is 0 Å². The summed E-state index contributed by atoms with van der Waals surface area (Å²) in [5.74, 6) is 0.688. The lowest BCUT2D eigenvalue weighted by Crippen LogP contribution is -2.01. The van der Waals surface area contributed by atoms with Crippen molar-refractivity contribution in [3.63, 3.8) is 0 Å². The summed E-state index contributed by atoms with van der Waals surface area (Å²) in [5.41, 5.74) is 5.52. The van der Waals surface area contributed by atoms with E-state index in [2.05, 4.69) is 120 Å². The fourth-order valence-electron chi connectivity index (χ4n) is 6.35. The molecule has 0 aliphatic carbocycles. The molecule has 4 heteroatoms. The second-order valence-electron chi connectivity index (χ2n) is 10.2. The maximum atomic E-state index is 5.20. The van der Waals surface area contributed by atoms with Crippen LogP contribution in [0.1, 0.15) is 0 Å². The van der Waals surface area contributed by atoms with E-state index in [0.717, 1.165) is 27.5 Å². The molecule has 0 bridgehead atoms. The number of para-hydroxylation sites is 1. The van der Waals surface area contributed by atoms with Gasteiger partial charge in [0.25, 0.3) is 0 Å². The molecule has 0 saturated heterocycles. The Morgan fingerprint density at radius 3 is 2.15 bits per heavy atom. The number of hydrogen-bond donors (Lipinski definition) is 0. The van der Waals surface area contributed by atoms with Crippen molar-refractivity contribution in [2.75, 3.05) is 0 Å². The average molecular weight is 528 g/mol. The first kappa shape index (κ1) is 21.8. The SMILES string of the molecule is c1ccc(-c2cccc3nc(-n4c5ccccc5c5c6c7ccccc7sc6c6ccccc6c54)ncc23)cc1. The smallest absolute Gasteiger partial charge is 0.235 e. The molecule has 0 aliphatic rings. The van der Waals surface area contributed by atoms with Gasteiger partial charge < -0.3 is 0 Å². The summed E-state index contributed by atoms with van der Waals surface area (Å²) in [6.45, 7) is 0. The summed E-state index contributed by atoms with van der Waals surface area (Å²) in [7, 11) is 0. The summed E-state index contributed by atoms with van der Waals surface area (Å²) >= 11 is 1.88. The molecule has 0 amide bonds. The lowest BCUT2D eigenvalue weighted by atomic mass is 10.00. The molecule has 3 nitrogen and oxygen atoms in total. The zero-order valence-electron chi connectivity index (χ0n) is 21.4. The third kappa shape index (κ3) is 2.94. The van der Waals surface area contributed by atoms with E-state index in [-0.39, 0.29) is 0 Å². The Balaban J connectivity index is 1.45. The Morgan fingerprint density at radius 1 is 0.550 bits per heavy atom. The van der Waals surface area contributed by atoms with Crippen molar-refractivity contribution in [1.82, 2.24) is 14.5 Å². The predicted molar refractivity (Wildman–Crippen MR) is 170 cm³/mol. The van der Waals surface area contributed by atoms with Gasteiger partial charge in [-0.2, -0.15) is 0 Å². The normalized spacial score (nSPS) is 12.0. The number of nitrogens with zero attached hydrogens (tertiary/aromatic N) is 3. The number of aromatic nitrogens is 3. The molecule has 0 fully saturated rings. The van der Waals surface area contributed by atoms with Crippen LogP contribution < -0.4 is 0 Å². The second kappa shape index (κ2) is 8.22. The van der Waals surface area contributed by atoms with Crippen molar-refractivity contribution in [3.05, 3.63) is 128 Å². The van der Waals surface area contributed by atoms with Crippen LogP contribution in [0.4, 0.5) is 0 Å². The molecular formula is C36H21N3S. The lowest BCUT2D eigenvalue weighted by Gasteiger charge is -2.11. The van der Waals surface area contributed by atoms with Gasteiger partial charge in [-0.3, -0.25) is 4.57 Å². The van der Waals surface area contributed by atoms with Gasteiger partial charge >= 0.3 is 0 Å². The molecule has 0 atom stereocenters. The van der Waals surface area contributed by atoms with Gasteiger partial charge in [0, 0.05) is 53.3 Å². The van der Waals surface area contributed by atoms with Crippen LogP contribution in [0.15, 0.2) is 128 Å². The van der Waals surface area contributed by atoms with Crippen molar-refractivity contribution in [2.45, 2.75) is 0 Å². The highest BCUT2D eigenvalue weighted by atomic mass is 32.1. The highest BCUT2D eigenvalue weighted by Gasteiger charge is 2.22. The molecule has 0 saturated carbocycles. The van der Waals surface area contributed by atoms with Crippen LogP contribution in [-0.2, 0) is 0 Å². The third-order valence-electron chi connectivity index (χ3n) is 8.04. The number of thiophene rings is 1. The first-order valence-corrected chi connectivity index (χ1v) is 14.3. The van der Waals surface area contributed by atoms with Crippen molar-refractivity contribution >= 4 is 75.0 Å². The van der Waals surface area contributed by atoms with Gasteiger partial charge in [-0.25, -0.2) is 9.97 Å². The maximum Gasteiger partial charge on any atom is 0.235 e. The van der Waals surface area contributed by atoms with E-state index >= 15 is 0 Å². The molecule has 3 aromatic heterocycles. The zero-order valence-corrected chi connectivity index (χ0v) is 22.2. The number of hydrogen-bond acceptors (Lipinski definition) is 3. The highest BCUT2D eigenvalue weighted by molar-refractivity contribution is 7.27. The van der Waals surface area contributed by atoms with E-state index in [1.807, 2.05) is 23.6 Å². The van der Waals surface area contributed by atoms with E-state index < -0.39 is 0 Å². The maximum absolute atomic E-state index is 5.20.